The van der Waals surface area contributed by atoms with Gasteiger partial charge in [-0.05, 0) is 71.1 Å². The predicted molar refractivity (Wildman–Crippen MR) is 86.5 cm³/mol. The molecule has 2 aliphatic heterocycles. The molecule has 0 bridgehead atoms. The lowest BCUT2D eigenvalue weighted by molar-refractivity contribution is 0.136. The van der Waals surface area contributed by atoms with E-state index >= 15 is 0 Å². The van der Waals surface area contributed by atoms with Crippen molar-refractivity contribution < 1.29 is 5.11 Å². The lowest BCUT2D eigenvalue weighted by atomic mass is 9.98. The predicted octanol–water partition coefficient (Wildman–Crippen LogP) is 1.44. The van der Waals surface area contributed by atoms with Gasteiger partial charge >= 0.3 is 0 Å². The smallest absolute Gasteiger partial charge is 0.0613 e. The Morgan fingerprint density at radius 2 is 1.90 bits per heavy atom. The number of rotatable bonds is 5. The van der Waals surface area contributed by atoms with Gasteiger partial charge < -0.3 is 10.4 Å². The Labute approximate surface area is 129 Å². The molecule has 4 nitrogen and oxygen atoms in total. The standard InChI is InChI=1S/C17H33N3O/c1-2-8-18-17(14-21)7-6-15(12-17)20-11-4-10-19-9-3-5-16(19)13-20/h15-16,18,21H,2-14H2,1H3. The van der Waals surface area contributed by atoms with Gasteiger partial charge in [0.05, 0.1) is 6.61 Å². The average molecular weight is 295 g/mol. The Balaban J connectivity index is 1.59. The molecule has 3 aliphatic rings. The van der Waals surface area contributed by atoms with Gasteiger partial charge in [-0.25, -0.2) is 0 Å². The molecule has 3 fully saturated rings. The van der Waals surface area contributed by atoms with E-state index in [2.05, 4.69) is 22.0 Å². The molecule has 4 heteroatoms. The zero-order chi connectivity index (χ0) is 14.7. The number of aliphatic hydroxyl groups excluding tert-OH is 1. The molecule has 0 aromatic heterocycles. The molecule has 0 aromatic rings. The lowest BCUT2D eigenvalue weighted by Gasteiger charge is -2.33. The minimum absolute atomic E-state index is 0.00233. The zero-order valence-electron chi connectivity index (χ0n) is 13.7. The first-order valence-electron chi connectivity index (χ1n) is 9.10. The highest BCUT2D eigenvalue weighted by molar-refractivity contribution is 5.00. The summed E-state index contributed by atoms with van der Waals surface area (Å²) in [7, 11) is 0. The maximum Gasteiger partial charge on any atom is 0.0613 e. The van der Waals surface area contributed by atoms with Crippen molar-refractivity contribution in [3.63, 3.8) is 0 Å². The van der Waals surface area contributed by atoms with Crippen LogP contribution in [0.5, 0.6) is 0 Å². The Morgan fingerprint density at radius 1 is 1.10 bits per heavy atom. The third-order valence-corrected chi connectivity index (χ3v) is 5.99. The van der Waals surface area contributed by atoms with Crippen LogP contribution in [0.2, 0.25) is 0 Å². The van der Waals surface area contributed by atoms with Gasteiger partial charge in [-0.1, -0.05) is 6.92 Å². The maximum absolute atomic E-state index is 9.88. The molecular weight excluding hydrogens is 262 g/mol. The summed E-state index contributed by atoms with van der Waals surface area (Å²) in [6.07, 6.45) is 8.78. The minimum atomic E-state index is 0.00233. The van der Waals surface area contributed by atoms with Gasteiger partial charge in [-0.3, -0.25) is 9.80 Å². The van der Waals surface area contributed by atoms with Crippen LogP contribution in [0.4, 0.5) is 0 Å². The molecule has 0 amide bonds. The van der Waals surface area contributed by atoms with Crippen molar-refractivity contribution in [3.8, 4) is 0 Å². The van der Waals surface area contributed by atoms with Crippen LogP contribution >= 0.6 is 0 Å². The van der Waals surface area contributed by atoms with Crippen molar-refractivity contribution in [2.75, 3.05) is 39.3 Å². The van der Waals surface area contributed by atoms with Gasteiger partial charge in [0.1, 0.15) is 0 Å². The van der Waals surface area contributed by atoms with Crippen LogP contribution in [0.1, 0.15) is 51.9 Å². The highest BCUT2D eigenvalue weighted by atomic mass is 16.3. The van der Waals surface area contributed by atoms with E-state index in [0.717, 1.165) is 31.8 Å². The topological polar surface area (TPSA) is 38.7 Å². The van der Waals surface area contributed by atoms with E-state index in [0.29, 0.717) is 12.6 Å². The van der Waals surface area contributed by atoms with Gasteiger partial charge in [0.15, 0.2) is 0 Å². The highest BCUT2D eigenvalue weighted by Gasteiger charge is 2.41. The summed E-state index contributed by atoms with van der Waals surface area (Å²) in [5, 5.41) is 13.5. The monoisotopic (exact) mass is 295 g/mol. The van der Waals surface area contributed by atoms with E-state index in [9.17, 15) is 5.11 Å². The van der Waals surface area contributed by atoms with Crippen molar-refractivity contribution >= 4 is 0 Å². The van der Waals surface area contributed by atoms with Crippen LogP contribution in [0.15, 0.2) is 0 Å². The Kier molecular flexibility index (Phi) is 5.20. The largest absolute Gasteiger partial charge is 0.394 e. The molecule has 3 rings (SSSR count). The third kappa shape index (κ3) is 3.44. The fourth-order valence-electron chi connectivity index (χ4n) is 4.73. The third-order valence-electron chi connectivity index (χ3n) is 5.99. The molecule has 21 heavy (non-hydrogen) atoms. The molecule has 122 valence electrons. The zero-order valence-corrected chi connectivity index (χ0v) is 13.7. The number of hydrogen-bond donors (Lipinski definition) is 2. The molecule has 0 radical (unpaired) electrons. The van der Waals surface area contributed by atoms with E-state index in [1.807, 2.05) is 0 Å². The lowest BCUT2D eigenvalue weighted by Crippen LogP contribution is -2.49. The first kappa shape index (κ1) is 15.7. The quantitative estimate of drug-likeness (QED) is 0.805. The summed E-state index contributed by atoms with van der Waals surface area (Å²) in [6.45, 7) is 8.67. The molecule has 3 atom stereocenters. The average Bonchev–Trinajstić information content (AvgIpc) is 3.08. The second-order valence-electron chi connectivity index (χ2n) is 7.44. The summed E-state index contributed by atoms with van der Waals surface area (Å²) < 4.78 is 0. The minimum Gasteiger partial charge on any atom is -0.394 e. The SMILES string of the molecule is CCCNC1(CO)CCC(N2CCCN3CCCC3C2)C1. The summed E-state index contributed by atoms with van der Waals surface area (Å²) in [5.74, 6) is 0. The molecule has 3 unspecified atom stereocenters. The molecule has 1 saturated carbocycles. The van der Waals surface area contributed by atoms with E-state index < -0.39 is 0 Å². The normalized spacial score (nSPS) is 38.6. The number of nitrogens with one attached hydrogen (secondary N) is 1. The first-order chi connectivity index (χ1) is 10.3. The van der Waals surface area contributed by atoms with E-state index in [4.69, 9.17) is 0 Å². The van der Waals surface area contributed by atoms with Gasteiger partial charge in [0.25, 0.3) is 0 Å². The maximum atomic E-state index is 9.88. The Bertz CT molecular complexity index is 338. The fraction of sp³-hybridized carbons (Fsp3) is 1.00. The van der Waals surface area contributed by atoms with Crippen LogP contribution in [0.25, 0.3) is 0 Å². The van der Waals surface area contributed by atoms with Crippen molar-refractivity contribution in [1.29, 1.82) is 0 Å². The van der Waals surface area contributed by atoms with E-state index in [1.165, 1.54) is 51.9 Å². The van der Waals surface area contributed by atoms with Gasteiger partial charge in [-0.15, -0.1) is 0 Å². The number of hydrogen-bond acceptors (Lipinski definition) is 4. The molecule has 0 aromatic carbocycles. The van der Waals surface area contributed by atoms with Crippen LogP contribution in [-0.2, 0) is 0 Å². The molecule has 2 saturated heterocycles. The number of nitrogens with zero attached hydrogens (tertiary/aromatic N) is 2. The van der Waals surface area contributed by atoms with Crippen LogP contribution in [-0.4, -0.2) is 71.9 Å². The van der Waals surface area contributed by atoms with Crippen LogP contribution in [0, 0.1) is 0 Å². The Hall–Kier alpha value is -0.160. The van der Waals surface area contributed by atoms with Gasteiger partial charge in [-0.2, -0.15) is 0 Å². The Morgan fingerprint density at radius 3 is 2.71 bits per heavy atom. The molecule has 1 aliphatic carbocycles. The fourth-order valence-corrected chi connectivity index (χ4v) is 4.73. The van der Waals surface area contributed by atoms with Gasteiger partial charge in [0.2, 0.25) is 0 Å². The van der Waals surface area contributed by atoms with Crippen molar-refractivity contribution in [3.05, 3.63) is 0 Å². The number of fused-ring (bicyclic) bond motifs is 1. The number of aliphatic hydroxyl groups is 1. The molecular formula is C17H33N3O. The highest BCUT2D eigenvalue weighted by Crippen LogP contribution is 2.34. The van der Waals surface area contributed by atoms with E-state index in [1.54, 1.807) is 0 Å². The first-order valence-corrected chi connectivity index (χ1v) is 9.10. The second kappa shape index (κ2) is 6.95. The molecule has 2 N–H and O–H groups in total. The summed E-state index contributed by atoms with van der Waals surface area (Å²) >= 11 is 0. The summed E-state index contributed by atoms with van der Waals surface area (Å²) in [6, 6.07) is 1.49. The van der Waals surface area contributed by atoms with Gasteiger partial charge in [0, 0.05) is 24.2 Å². The van der Waals surface area contributed by atoms with Crippen molar-refractivity contribution in [2.45, 2.75) is 69.5 Å². The van der Waals surface area contributed by atoms with Crippen molar-refractivity contribution in [1.82, 2.24) is 15.1 Å². The molecule has 2 heterocycles. The second-order valence-corrected chi connectivity index (χ2v) is 7.44. The van der Waals surface area contributed by atoms with Crippen LogP contribution < -0.4 is 5.32 Å². The summed E-state index contributed by atoms with van der Waals surface area (Å²) in [4.78, 5) is 5.46. The molecule has 0 spiro atoms. The van der Waals surface area contributed by atoms with Crippen molar-refractivity contribution in [2.24, 2.45) is 0 Å². The van der Waals surface area contributed by atoms with E-state index in [-0.39, 0.29) is 5.54 Å². The summed E-state index contributed by atoms with van der Waals surface area (Å²) in [5.41, 5.74) is 0.00233. The van der Waals surface area contributed by atoms with Crippen LogP contribution in [0.3, 0.4) is 0 Å².